The number of hydrogen-bond donors (Lipinski definition) is 2. The fourth-order valence-corrected chi connectivity index (χ4v) is 9.77. The van der Waals surface area contributed by atoms with E-state index in [-0.39, 0.29) is 41.4 Å². The van der Waals surface area contributed by atoms with Crippen molar-refractivity contribution in [2.24, 2.45) is 46.3 Å². The van der Waals surface area contributed by atoms with Crippen LogP contribution in [0.5, 0.6) is 0 Å². The van der Waals surface area contributed by atoms with Crippen LogP contribution in [0, 0.1) is 46.3 Å². The zero-order valence-electron chi connectivity index (χ0n) is 22.0. The summed E-state index contributed by atoms with van der Waals surface area (Å²) in [5.41, 5.74) is 0.0896. The van der Waals surface area contributed by atoms with E-state index in [1.807, 2.05) is 0 Å². The third-order valence-electron chi connectivity index (χ3n) is 11.4. The first kappa shape index (κ1) is 27.3. The van der Waals surface area contributed by atoms with Crippen LogP contribution in [-0.4, -0.2) is 65.5 Å². The number of hydrogen-bond acceptors (Lipinski definition) is 6. The molecular weight excluding hydrogens is 466 g/mol. The summed E-state index contributed by atoms with van der Waals surface area (Å²) in [7, 11) is -2.78. The summed E-state index contributed by atoms with van der Waals surface area (Å²) in [6.07, 6.45) is 8.89. The molecule has 4 fully saturated rings. The molecule has 0 unspecified atom stereocenters. The van der Waals surface area contributed by atoms with Crippen molar-refractivity contribution in [1.29, 1.82) is 0 Å². The Morgan fingerprint density at radius 1 is 1.09 bits per heavy atom. The molecule has 0 spiro atoms. The van der Waals surface area contributed by atoms with Crippen LogP contribution >= 0.6 is 0 Å². The van der Waals surface area contributed by atoms with E-state index in [0.717, 1.165) is 38.5 Å². The normalized spacial score (nSPS) is 44.1. The van der Waals surface area contributed by atoms with Gasteiger partial charge in [0.1, 0.15) is 0 Å². The molecular formula is C27H46NO6S-. The Morgan fingerprint density at radius 3 is 2.49 bits per heavy atom. The van der Waals surface area contributed by atoms with Gasteiger partial charge in [-0.15, -0.1) is 0 Å². The summed E-state index contributed by atoms with van der Waals surface area (Å²) < 4.78 is 32.6. The highest BCUT2D eigenvalue weighted by atomic mass is 32.2. The summed E-state index contributed by atoms with van der Waals surface area (Å²) in [5.74, 6) is 2.21. The van der Waals surface area contributed by atoms with Crippen molar-refractivity contribution in [3.8, 4) is 0 Å². The van der Waals surface area contributed by atoms with Gasteiger partial charge in [-0.3, -0.25) is 4.79 Å². The Kier molecular flexibility index (Phi) is 7.72. The van der Waals surface area contributed by atoms with Crippen molar-refractivity contribution < 1.29 is 28.0 Å². The Labute approximate surface area is 211 Å². The number of aliphatic hydroxyl groups is 2. The zero-order valence-corrected chi connectivity index (χ0v) is 22.8. The van der Waals surface area contributed by atoms with Gasteiger partial charge in [0, 0.05) is 20.0 Å². The van der Waals surface area contributed by atoms with Crippen molar-refractivity contribution in [1.82, 2.24) is 4.90 Å². The first-order valence-electron chi connectivity index (χ1n) is 13.8. The van der Waals surface area contributed by atoms with Crippen LogP contribution in [0.2, 0.25) is 0 Å². The van der Waals surface area contributed by atoms with Gasteiger partial charge in [0.15, 0.2) is 0 Å². The predicted molar refractivity (Wildman–Crippen MR) is 133 cm³/mol. The van der Waals surface area contributed by atoms with Crippen molar-refractivity contribution in [3.63, 3.8) is 0 Å². The Hall–Kier alpha value is -0.700. The van der Waals surface area contributed by atoms with Crippen molar-refractivity contribution >= 4 is 16.0 Å². The molecule has 0 aromatic rings. The third kappa shape index (κ3) is 5.06. The topological polar surface area (TPSA) is 118 Å². The molecule has 10 atom stereocenters. The molecule has 0 saturated heterocycles. The molecule has 0 aromatic carbocycles. The number of rotatable bonds is 7. The van der Waals surface area contributed by atoms with Crippen LogP contribution in [0.25, 0.3) is 0 Å². The lowest BCUT2D eigenvalue weighted by atomic mass is 9.43. The van der Waals surface area contributed by atoms with E-state index < -0.39 is 15.9 Å². The van der Waals surface area contributed by atoms with E-state index in [4.69, 9.17) is 0 Å². The first-order valence-corrected chi connectivity index (χ1v) is 15.4. The monoisotopic (exact) mass is 512 g/mol. The maximum absolute atomic E-state index is 12.5. The number of amides is 1. The molecule has 2 N–H and O–H groups in total. The second-order valence-electron chi connectivity index (χ2n) is 13.0. The van der Waals surface area contributed by atoms with E-state index >= 15 is 0 Å². The molecule has 35 heavy (non-hydrogen) atoms. The number of nitrogens with zero attached hydrogens (tertiary/aromatic N) is 1. The van der Waals surface area contributed by atoms with Crippen molar-refractivity contribution in [2.75, 3.05) is 19.3 Å². The van der Waals surface area contributed by atoms with Gasteiger partial charge in [-0.25, -0.2) is 8.42 Å². The highest BCUT2D eigenvalue weighted by molar-refractivity contribution is 7.85. The molecule has 7 nitrogen and oxygen atoms in total. The number of fused-ring (bicyclic) bond motifs is 5. The predicted octanol–water partition coefficient (Wildman–Crippen LogP) is 3.40. The Balaban J connectivity index is 1.41. The number of carbonyl (C=O) groups excluding carboxylic acids is 1. The van der Waals surface area contributed by atoms with Gasteiger partial charge in [-0.05, 0) is 104 Å². The molecule has 8 heteroatoms. The number of carbonyl (C=O) groups is 1. The van der Waals surface area contributed by atoms with E-state index in [0.29, 0.717) is 42.4 Å². The molecule has 0 aliphatic heterocycles. The fraction of sp³-hybridized carbons (Fsp3) is 0.963. The van der Waals surface area contributed by atoms with Crippen molar-refractivity contribution in [3.05, 3.63) is 0 Å². The van der Waals surface area contributed by atoms with E-state index in [1.54, 1.807) is 7.05 Å². The minimum absolute atomic E-state index is 0.0686. The van der Waals surface area contributed by atoms with Crippen LogP contribution in [0.4, 0.5) is 0 Å². The summed E-state index contributed by atoms with van der Waals surface area (Å²) in [5, 5.41) is 21.9. The highest BCUT2D eigenvalue weighted by Gasteiger charge is 2.63. The SMILES string of the molecule is C[C@H](CCC(=O)N(C)CCS(=O)(=O)[O-])[C@H]1CC[C@H]2[C@@H]3CC[C@@H]4C[C@H](O)CC[C@]4(C)[C@H]3C[C@H](O)[C@]12C. The van der Waals surface area contributed by atoms with Gasteiger partial charge in [-0.1, -0.05) is 20.8 Å². The highest BCUT2D eigenvalue weighted by Crippen LogP contribution is 2.68. The molecule has 202 valence electrons. The second kappa shape index (κ2) is 9.88. The minimum atomic E-state index is -4.33. The smallest absolute Gasteiger partial charge is 0.222 e. The van der Waals surface area contributed by atoms with Gasteiger partial charge in [-0.2, -0.15) is 0 Å². The van der Waals surface area contributed by atoms with Gasteiger partial charge >= 0.3 is 0 Å². The van der Waals surface area contributed by atoms with Gasteiger partial charge < -0.3 is 19.7 Å². The third-order valence-corrected chi connectivity index (χ3v) is 12.1. The maximum atomic E-state index is 12.5. The number of aliphatic hydroxyl groups excluding tert-OH is 2. The molecule has 4 saturated carbocycles. The molecule has 4 rings (SSSR count). The van der Waals surface area contributed by atoms with Crippen LogP contribution in [0.3, 0.4) is 0 Å². The molecule has 0 heterocycles. The fourth-order valence-electron chi connectivity index (χ4n) is 9.28. The van der Waals surface area contributed by atoms with Gasteiger partial charge in [0.25, 0.3) is 0 Å². The lowest BCUT2D eigenvalue weighted by Gasteiger charge is -2.62. The molecule has 4 aliphatic carbocycles. The summed E-state index contributed by atoms with van der Waals surface area (Å²) in [6.45, 7) is 6.87. The van der Waals surface area contributed by atoms with Crippen LogP contribution in [-0.2, 0) is 14.9 Å². The standard InChI is InChI=1S/C27H47NO6S/c1-17(5-10-25(31)28(4)13-14-35(32,33)34)21-8-9-22-20-7-6-18-15-19(29)11-12-26(18,2)23(20)16-24(30)27(21,22)3/h17-24,29-30H,5-16H2,1-4H3,(H,32,33,34)/p-1/t17-,18-,19-,20+,21-,22+,23+,24+,26+,27-/m1/s1. The van der Waals surface area contributed by atoms with E-state index in [9.17, 15) is 28.0 Å². The summed E-state index contributed by atoms with van der Waals surface area (Å²) >= 11 is 0. The van der Waals surface area contributed by atoms with E-state index in [1.165, 1.54) is 17.7 Å². The lowest BCUT2D eigenvalue weighted by molar-refractivity contribution is -0.175. The molecule has 4 aliphatic rings. The Morgan fingerprint density at radius 2 is 1.80 bits per heavy atom. The van der Waals surface area contributed by atoms with Crippen molar-refractivity contribution in [2.45, 2.75) is 97.2 Å². The summed E-state index contributed by atoms with van der Waals surface area (Å²) in [4.78, 5) is 13.9. The van der Waals surface area contributed by atoms with Crippen LogP contribution < -0.4 is 0 Å². The zero-order chi connectivity index (χ0) is 25.8. The van der Waals surface area contributed by atoms with E-state index in [2.05, 4.69) is 20.8 Å². The molecule has 0 aromatic heterocycles. The lowest BCUT2D eigenvalue weighted by Crippen LogP contribution is -2.58. The molecule has 1 amide bonds. The van der Waals surface area contributed by atoms with Crippen LogP contribution in [0.15, 0.2) is 0 Å². The maximum Gasteiger partial charge on any atom is 0.222 e. The van der Waals surface area contributed by atoms with Crippen LogP contribution in [0.1, 0.15) is 85.0 Å². The second-order valence-corrected chi connectivity index (χ2v) is 14.5. The Bertz CT molecular complexity index is 894. The molecule has 0 radical (unpaired) electrons. The average molecular weight is 513 g/mol. The first-order chi connectivity index (χ1) is 16.3. The van der Waals surface area contributed by atoms with Gasteiger partial charge in [0.05, 0.1) is 28.1 Å². The molecule has 0 bridgehead atoms. The average Bonchev–Trinajstić information content (AvgIpc) is 3.15. The minimum Gasteiger partial charge on any atom is -0.748 e. The largest absolute Gasteiger partial charge is 0.748 e. The van der Waals surface area contributed by atoms with Gasteiger partial charge in [0.2, 0.25) is 5.91 Å². The summed E-state index contributed by atoms with van der Waals surface area (Å²) in [6, 6.07) is 0. The quantitative estimate of drug-likeness (QED) is 0.505.